The average molecular weight is 234 g/mol. The van der Waals surface area contributed by atoms with Crippen molar-refractivity contribution in [1.29, 1.82) is 0 Å². The topological polar surface area (TPSA) is 81.1 Å². The highest BCUT2D eigenvalue weighted by Crippen LogP contribution is 2.14. The van der Waals surface area contributed by atoms with Gasteiger partial charge < -0.3 is 11.1 Å². The Morgan fingerprint density at radius 1 is 1.47 bits per heavy atom. The van der Waals surface area contributed by atoms with E-state index in [1.165, 1.54) is 0 Å². The Morgan fingerprint density at radius 3 is 3.00 bits per heavy atom. The van der Waals surface area contributed by atoms with Crippen LogP contribution in [0.2, 0.25) is 0 Å². The molecule has 0 spiro atoms. The van der Waals surface area contributed by atoms with Crippen molar-refractivity contribution in [1.82, 2.24) is 19.6 Å². The van der Waals surface area contributed by atoms with Crippen molar-refractivity contribution in [3.8, 4) is 0 Å². The molecule has 0 saturated heterocycles. The van der Waals surface area contributed by atoms with E-state index in [1.807, 2.05) is 17.5 Å². The van der Waals surface area contributed by atoms with Crippen molar-refractivity contribution in [3.05, 3.63) is 18.2 Å². The van der Waals surface area contributed by atoms with Crippen molar-refractivity contribution >= 4 is 11.5 Å². The van der Waals surface area contributed by atoms with Gasteiger partial charge in [0.05, 0.1) is 0 Å². The molecule has 17 heavy (non-hydrogen) atoms. The molecule has 0 aliphatic heterocycles. The summed E-state index contributed by atoms with van der Waals surface area (Å²) in [7, 11) is 0. The molecule has 0 bridgehead atoms. The molecule has 3 N–H and O–H groups in total. The summed E-state index contributed by atoms with van der Waals surface area (Å²) in [4.78, 5) is 4.30. The Bertz CT molecular complexity index is 492. The lowest BCUT2D eigenvalue weighted by molar-refractivity contribution is 0.646. The fourth-order valence-electron chi connectivity index (χ4n) is 1.83. The lowest BCUT2D eigenvalue weighted by Crippen LogP contribution is -2.29. The molecule has 6 nitrogen and oxygen atoms in total. The van der Waals surface area contributed by atoms with Gasteiger partial charge in [0, 0.05) is 25.0 Å². The molecule has 0 fully saturated rings. The SMILES string of the molecule is CCCC(CN)Nc1nccn2c(C)nnc12. The molecule has 0 aromatic carbocycles. The van der Waals surface area contributed by atoms with Gasteiger partial charge in [-0.2, -0.15) is 0 Å². The summed E-state index contributed by atoms with van der Waals surface area (Å²) in [5.41, 5.74) is 6.47. The Morgan fingerprint density at radius 2 is 2.29 bits per heavy atom. The molecule has 0 saturated carbocycles. The van der Waals surface area contributed by atoms with Gasteiger partial charge in [-0.1, -0.05) is 13.3 Å². The number of hydrogen-bond acceptors (Lipinski definition) is 5. The number of hydrogen-bond donors (Lipinski definition) is 2. The number of nitrogens with one attached hydrogen (secondary N) is 1. The summed E-state index contributed by atoms with van der Waals surface area (Å²) < 4.78 is 1.91. The summed E-state index contributed by atoms with van der Waals surface area (Å²) in [5.74, 6) is 1.60. The van der Waals surface area contributed by atoms with Gasteiger partial charge in [0.15, 0.2) is 5.82 Å². The first-order valence-electron chi connectivity index (χ1n) is 5.89. The first-order chi connectivity index (χ1) is 8.26. The normalized spacial score (nSPS) is 12.9. The minimum Gasteiger partial charge on any atom is -0.363 e. The van der Waals surface area contributed by atoms with Crippen molar-refractivity contribution < 1.29 is 0 Å². The van der Waals surface area contributed by atoms with Gasteiger partial charge in [0.1, 0.15) is 5.82 Å². The summed E-state index contributed by atoms with van der Waals surface area (Å²) in [5, 5.41) is 11.5. The minimum atomic E-state index is 0.232. The summed E-state index contributed by atoms with van der Waals surface area (Å²) in [6, 6.07) is 0.232. The van der Waals surface area contributed by atoms with Crippen molar-refractivity contribution in [3.63, 3.8) is 0 Å². The maximum Gasteiger partial charge on any atom is 0.203 e. The number of fused-ring (bicyclic) bond motifs is 1. The number of aryl methyl sites for hydroxylation is 1. The quantitative estimate of drug-likeness (QED) is 0.805. The van der Waals surface area contributed by atoms with E-state index in [0.717, 1.165) is 30.1 Å². The lowest BCUT2D eigenvalue weighted by Gasteiger charge is -2.16. The molecule has 2 aromatic rings. The van der Waals surface area contributed by atoms with E-state index < -0.39 is 0 Å². The van der Waals surface area contributed by atoms with Crippen molar-refractivity contribution in [2.75, 3.05) is 11.9 Å². The average Bonchev–Trinajstić information content (AvgIpc) is 2.72. The molecule has 0 amide bonds. The molecule has 2 aromatic heterocycles. The molecular formula is C11H18N6. The Labute approximate surface area is 100 Å². The van der Waals surface area contributed by atoms with E-state index >= 15 is 0 Å². The maximum atomic E-state index is 5.72. The molecular weight excluding hydrogens is 216 g/mol. The van der Waals surface area contributed by atoms with Crippen molar-refractivity contribution in [2.24, 2.45) is 5.73 Å². The van der Waals surface area contributed by atoms with Gasteiger partial charge in [-0.25, -0.2) is 4.98 Å². The highest BCUT2D eigenvalue weighted by Gasteiger charge is 2.11. The van der Waals surface area contributed by atoms with Crippen LogP contribution in [-0.4, -0.2) is 32.2 Å². The highest BCUT2D eigenvalue weighted by atomic mass is 15.3. The van der Waals surface area contributed by atoms with E-state index in [1.54, 1.807) is 6.20 Å². The standard InChI is InChI=1S/C11H18N6/c1-3-4-9(7-12)14-10-11-16-15-8(2)17(11)6-5-13-10/h5-6,9H,3-4,7,12H2,1-2H3,(H,13,14). The fourth-order valence-corrected chi connectivity index (χ4v) is 1.83. The molecule has 2 heterocycles. The van der Waals surface area contributed by atoms with E-state index in [4.69, 9.17) is 5.73 Å². The predicted molar refractivity (Wildman–Crippen MR) is 66.9 cm³/mol. The van der Waals surface area contributed by atoms with Gasteiger partial charge in [-0.15, -0.1) is 10.2 Å². The van der Waals surface area contributed by atoms with Crippen LogP contribution in [0, 0.1) is 6.92 Å². The van der Waals surface area contributed by atoms with E-state index in [0.29, 0.717) is 6.54 Å². The highest BCUT2D eigenvalue weighted by molar-refractivity contribution is 5.62. The zero-order valence-corrected chi connectivity index (χ0v) is 10.2. The predicted octanol–water partition coefficient (Wildman–Crippen LogP) is 0.972. The van der Waals surface area contributed by atoms with Gasteiger partial charge in [-0.3, -0.25) is 4.40 Å². The monoisotopic (exact) mass is 234 g/mol. The molecule has 6 heteroatoms. The van der Waals surface area contributed by atoms with Crippen LogP contribution >= 0.6 is 0 Å². The van der Waals surface area contributed by atoms with E-state index in [9.17, 15) is 0 Å². The van der Waals surface area contributed by atoms with Crippen LogP contribution in [0.15, 0.2) is 12.4 Å². The summed E-state index contributed by atoms with van der Waals surface area (Å²) in [6.07, 6.45) is 5.70. The van der Waals surface area contributed by atoms with Crippen LogP contribution in [-0.2, 0) is 0 Å². The number of nitrogens with two attached hydrogens (primary N) is 1. The Balaban J connectivity index is 2.29. The zero-order valence-electron chi connectivity index (χ0n) is 10.2. The van der Waals surface area contributed by atoms with Gasteiger partial charge >= 0.3 is 0 Å². The van der Waals surface area contributed by atoms with Crippen LogP contribution < -0.4 is 11.1 Å². The molecule has 2 rings (SSSR count). The van der Waals surface area contributed by atoms with Gasteiger partial charge in [0.2, 0.25) is 5.65 Å². The molecule has 1 unspecified atom stereocenters. The maximum absolute atomic E-state index is 5.72. The van der Waals surface area contributed by atoms with Crippen LogP contribution in [0.1, 0.15) is 25.6 Å². The van der Waals surface area contributed by atoms with Gasteiger partial charge in [0.25, 0.3) is 0 Å². The third-order valence-electron chi connectivity index (χ3n) is 2.76. The third kappa shape index (κ3) is 2.36. The van der Waals surface area contributed by atoms with Gasteiger partial charge in [-0.05, 0) is 13.3 Å². The van der Waals surface area contributed by atoms with E-state index in [-0.39, 0.29) is 6.04 Å². The second kappa shape index (κ2) is 5.09. The number of aromatic nitrogens is 4. The third-order valence-corrected chi connectivity index (χ3v) is 2.76. The largest absolute Gasteiger partial charge is 0.363 e. The Kier molecular flexibility index (Phi) is 3.53. The van der Waals surface area contributed by atoms with Crippen LogP contribution in [0.3, 0.4) is 0 Å². The Hall–Kier alpha value is -1.69. The molecule has 92 valence electrons. The summed E-state index contributed by atoms with van der Waals surface area (Å²) >= 11 is 0. The zero-order chi connectivity index (χ0) is 12.3. The van der Waals surface area contributed by atoms with Crippen LogP contribution in [0.4, 0.5) is 5.82 Å². The molecule has 1 atom stereocenters. The lowest BCUT2D eigenvalue weighted by atomic mass is 10.2. The number of anilines is 1. The van der Waals surface area contributed by atoms with Crippen LogP contribution in [0.25, 0.3) is 5.65 Å². The van der Waals surface area contributed by atoms with Crippen LogP contribution in [0.5, 0.6) is 0 Å². The minimum absolute atomic E-state index is 0.232. The van der Waals surface area contributed by atoms with Crippen molar-refractivity contribution in [2.45, 2.75) is 32.7 Å². The van der Waals surface area contributed by atoms with E-state index in [2.05, 4.69) is 27.4 Å². The smallest absolute Gasteiger partial charge is 0.203 e. The summed E-state index contributed by atoms with van der Waals surface area (Å²) in [6.45, 7) is 4.64. The molecule has 0 radical (unpaired) electrons. The molecule has 0 aliphatic carbocycles. The second-order valence-corrected chi connectivity index (χ2v) is 4.08. The first kappa shape index (κ1) is 11.8. The fraction of sp³-hybridized carbons (Fsp3) is 0.545. The number of rotatable bonds is 5. The second-order valence-electron chi connectivity index (χ2n) is 4.08. The first-order valence-corrected chi connectivity index (χ1v) is 5.89. The number of nitrogens with zero attached hydrogens (tertiary/aromatic N) is 4. The molecule has 0 aliphatic rings.